The molecular formula is C33H28N2O8. The second-order valence-electron chi connectivity index (χ2n) is 10.2. The number of carbonyl (C=O) groups is 4. The minimum atomic E-state index is -1.15. The smallest absolute Gasteiger partial charge is 0.323 e. The fourth-order valence-corrected chi connectivity index (χ4v) is 6.00. The van der Waals surface area contributed by atoms with Gasteiger partial charge < -0.3 is 30.2 Å². The summed E-state index contributed by atoms with van der Waals surface area (Å²) in [6, 6.07) is 30.3. The Kier molecular flexibility index (Phi) is 7.85. The highest BCUT2D eigenvalue weighted by Gasteiger charge is 2.46. The van der Waals surface area contributed by atoms with Crippen LogP contribution in [0.4, 0.5) is 11.4 Å². The number of hydrogen-bond acceptors (Lipinski definition) is 6. The zero-order chi connectivity index (χ0) is 30.7. The number of benzene rings is 4. The predicted molar refractivity (Wildman–Crippen MR) is 159 cm³/mol. The van der Waals surface area contributed by atoms with Gasteiger partial charge in [-0.05, 0) is 57.6 Å². The first kappa shape index (κ1) is 28.9. The average Bonchev–Trinajstić information content (AvgIpc) is 3.27. The maximum absolute atomic E-state index is 11.4. The van der Waals surface area contributed by atoms with E-state index in [4.69, 9.17) is 0 Å². The average molecular weight is 581 g/mol. The normalized spacial score (nSPS) is 12.6. The Morgan fingerprint density at radius 3 is 1.07 bits per heavy atom. The number of hydrogen-bond donors (Lipinski definition) is 4. The van der Waals surface area contributed by atoms with Crippen LogP contribution in [0.15, 0.2) is 97.1 Å². The van der Waals surface area contributed by atoms with Crippen LogP contribution in [0.25, 0.3) is 11.1 Å². The first-order valence-corrected chi connectivity index (χ1v) is 13.4. The highest BCUT2D eigenvalue weighted by Crippen LogP contribution is 2.56. The highest BCUT2D eigenvalue weighted by molar-refractivity contribution is 5.87. The standard InChI is InChI=1S/C33H28N2O8/c36-29(37)17-34(18-30(38)39)23-13-9-21(10-14-23)33(27-7-3-1-5-25(27)26-6-2-4-8-28(26)33)22-11-15-24(16-12-22)35(19-31(40)41)20-32(42)43/h1-16H,17-20H2,(H,36,37)(H,38,39)(H,40,41)(H,42,43). The Balaban J connectivity index is 1.69. The molecule has 1 aliphatic carbocycles. The van der Waals surface area contributed by atoms with Gasteiger partial charge in [0.15, 0.2) is 0 Å². The van der Waals surface area contributed by atoms with Crippen molar-refractivity contribution >= 4 is 35.3 Å². The fourth-order valence-electron chi connectivity index (χ4n) is 6.00. The van der Waals surface area contributed by atoms with Crippen molar-refractivity contribution in [3.05, 3.63) is 119 Å². The molecule has 0 spiro atoms. The number of fused-ring (bicyclic) bond motifs is 3. The molecule has 0 atom stereocenters. The molecule has 4 aromatic rings. The quantitative estimate of drug-likeness (QED) is 0.170. The maximum Gasteiger partial charge on any atom is 0.323 e. The molecule has 4 aromatic carbocycles. The Labute approximate surface area is 246 Å². The van der Waals surface area contributed by atoms with E-state index in [0.29, 0.717) is 11.4 Å². The third-order valence-corrected chi connectivity index (χ3v) is 7.59. The molecule has 0 fully saturated rings. The van der Waals surface area contributed by atoms with Crippen LogP contribution in [-0.2, 0) is 24.6 Å². The summed E-state index contributed by atoms with van der Waals surface area (Å²) in [6.07, 6.45) is 0. The SMILES string of the molecule is O=C(O)CN(CC(=O)O)c1ccc(C2(c3ccc(N(CC(=O)O)CC(=O)O)cc3)c3ccccc3-c3ccccc32)cc1. The molecule has 218 valence electrons. The summed E-state index contributed by atoms with van der Waals surface area (Å²) < 4.78 is 0. The van der Waals surface area contributed by atoms with Crippen LogP contribution >= 0.6 is 0 Å². The van der Waals surface area contributed by atoms with Gasteiger partial charge >= 0.3 is 23.9 Å². The van der Waals surface area contributed by atoms with Crippen LogP contribution in [0.5, 0.6) is 0 Å². The first-order chi connectivity index (χ1) is 20.6. The minimum Gasteiger partial charge on any atom is -0.480 e. The molecule has 0 aromatic heterocycles. The van der Waals surface area contributed by atoms with Crippen molar-refractivity contribution in [3.8, 4) is 11.1 Å². The van der Waals surface area contributed by atoms with Gasteiger partial charge in [-0.3, -0.25) is 19.2 Å². The molecule has 5 rings (SSSR count). The van der Waals surface area contributed by atoms with E-state index < -0.39 is 55.5 Å². The van der Waals surface area contributed by atoms with E-state index in [1.54, 1.807) is 24.3 Å². The van der Waals surface area contributed by atoms with E-state index in [1.165, 1.54) is 9.80 Å². The van der Waals surface area contributed by atoms with Crippen LogP contribution in [0.2, 0.25) is 0 Å². The van der Waals surface area contributed by atoms with Gasteiger partial charge in [0.2, 0.25) is 0 Å². The van der Waals surface area contributed by atoms with Crippen LogP contribution < -0.4 is 9.80 Å². The maximum atomic E-state index is 11.4. The van der Waals surface area contributed by atoms with Gasteiger partial charge in [0, 0.05) is 11.4 Å². The van der Waals surface area contributed by atoms with Crippen molar-refractivity contribution in [2.24, 2.45) is 0 Å². The van der Waals surface area contributed by atoms with Gasteiger partial charge in [-0.1, -0.05) is 72.8 Å². The summed E-state index contributed by atoms with van der Waals surface area (Å²) in [5.74, 6) is -4.61. The van der Waals surface area contributed by atoms with Crippen molar-refractivity contribution in [2.45, 2.75) is 5.41 Å². The number of carboxylic acid groups (broad SMARTS) is 4. The van der Waals surface area contributed by atoms with E-state index in [1.807, 2.05) is 72.8 Å². The summed E-state index contributed by atoms with van der Waals surface area (Å²) in [7, 11) is 0. The number of carboxylic acids is 4. The first-order valence-electron chi connectivity index (χ1n) is 13.4. The molecule has 0 saturated heterocycles. The molecule has 10 nitrogen and oxygen atoms in total. The monoisotopic (exact) mass is 580 g/mol. The molecule has 0 saturated carbocycles. The summed E-state index contributed by atoms with van der Waals surface area (Å²) in [4.78, 5) is 48.3. The topological polar surface area (TPSA) is 156 Å². The predicted octanol–water partition coefficient (Wildman–Crippen LogP) is 4.00. The molecule has 0 radical (unpaired) electrons. The molecule has 4 N–H and O–H groups in total. The fraction of sp³-hybridized carbons (Fsp3) is 0.152. The van der Waals surface area contributed by atoms with Gasteiger partial charge in [0.1, 0.15) is 26.2 Å². The van der Waals surface area contributed by atoms with Gasteiger partial charge in [-0.15, -0.1) is 0 Å². The molecule has 0 aliphatic heterocycles. The van der Waals surface area contributed by atoms with Crippen molar-refractivity contribution in [3.63, 3.8) is 0 Å². The van der Waals surface area contributed by atoms with Gasteiger partial charge in [0.05, 0.1) is 5.41 Å². The molecule has 0 heterocycles. The van der Waals surface area contributed by atoms with Crippen LogP contribution in [0, 0.1) is 0 Å². The van der Waals surface area contributed by atoms with Gasteiger partial charge in [0.25, 0.3) is 0 Å². The Morgan fingerprint density at radius 2 is 0.767 bits per heavy atom. The Hall–Kier alpha value is -5.64. The van der Waals surface area contributed by atoms with Gasteiger partial charge in [-0.25, -0.2) is 0 Å². The highest BCUT2D eigenvalue weighted by atomic mass is 16.4. The Bertz CT molecular complexity index is 1540. The molecule has 1 aliphatic rings. The Morgan fingerprint density at radius 1 is 0.465 bits per heavy atom. The van der Waals surface area contributed by atoms with Crippen molar-refractivity contribution in [2.75, 3.05) is 36.0 Å². The second kappa shape index (κ2) is 11.7. The van der Waals surface area contributed by atoms with Gasteiger partial charge in [-0.2, -0.15) is 0 Å². The van der Waals surface area contributed by atoms with Crippen molar-refractivity contribution < 1.29 is 39.6 Å². The number of nitrogens with zero attached hydrogens (tertiary/aromatic N) is 2. The molecule has 0 unspecified atom stereocenters. The summed E-state index contributed by atoms with van der Waals surface area (Å²) in [6.45, 7) is -1.92. The molecule has 0 amide bonds. The molecule has 0 bridgehead atoms. The summed E-state index contributed by atoms with van der Waals surface area (Å²) in [5.41, 5.74) is 5.80. The van der Waals surface area contributed by atoms with Crippen LogP contribution in [0.3, 0.4) is 0 Å². The van der Waals surface area contributed by atoms with E-state index in [2.05, 4.69) is 0 Å². The lowest BCUT2D eigenvalue weighted by molar-refractivity contribution is -0.138. The zero-order valence-corrected chi connectivity index (χ0v) is 22.9. The lowest BCUT2D eigenvalue weighted by atomic mass is 9.67. The van der Waals surface area contributed by atoms with Crippen LogP contribution in [0.1, 0.15) is 22.3 Å². The van der Waals surface area contributed by atoms with E-state index in [-0.39, 0.29) is 0 Å². The number of aliphatic carboxylic acids is 4. The molecule has 10 heteroatoms. The van der Waals surface area contributed by atoms with E-state index in [0.717, 1.165) is 33.4 Å². The summed E-state index contributed by atoms with van der Waals surface area (Å²) >= 11 is 0. The lowest BCUT2D eigenvalue weighted by Gasteiger charge is -2.34. The number of anilines is 2. The van der Waals surface area contributed by atoms with E-state index >= 15 is 0 Å². The van der Waals surface area contributed by atoms with Crippen molar-refractivity contribution in [1.82, 2.24) is 0 Å². The second-order valence-corrected chi connectivity index (χ2v) is 10.2. The third kappa shape index (κ3) is 5.50. The zero-order valence-electron chi connectivity index (χ0n) is 22.9. The lowest BCUT2D eigenvalue weighted by Crippen LogP contribution is -2.35. The largest absolute Gasteiger partial charge is 0.480 e. The molecule has 43 heavy (non-hydrogen) atoms. The summed E-state index contributed by atoms with van der Waals surface area (Å²) in [5, 5.41) is 37.4. The molecular weight excluding hydrogens is 552 g/mol. The third-order valence-electron chi connectivity index (χ3n) is 7.59. The minimum absolute atomic E-state index is 0.441. The number of rotatable bonds is 12. The van der Waals surface area contributed by atoms with Crippen molar-refractivity contribution in [1.29, 1.82) is 0 Å². The van der Waals surface area contributed by atoms with E-state index in [9.17, 15) is 39.6 Å². The van der Waals surface area contributed by atoms with Crippen LogP contribution in [-0.4, -0.2) is 70.5 Å².